The minimum Gasteiger partial charge on any atom is -0.354 e. The molecule has 0 aromatic carbocycles. The maximum atomic E-state index is 12.4. The fraction of sp³-hybridized carbons (Fsp3) is 0.600. The minimum atomic E-state index is -4.44. The number of nitrogens with one attached hydrogen (secondary N) is 1. The summed E-state index contributed by atoms with van der Waals surface area (Å²) in [4.78, 5) is 7.13. The van der Waals surface area contributed by atoms with E-state index in [2.05, 4.69) is 15.3 Å². The van der Waals surface area contributed by atoms with Gasteiger partial charge in [-0.05, 0) is 18.4 Å². The zero-order chi connectivity index (χ0) is 12.9. The molecule has 1 aromatic rings. The number of hydrogen-bond acceptors (Lipinski definition) is 3. The fourth-order valence-corrected chi connectivity index (χ4v) is 1.53. The molecule has 0 aliphatic rings. The van der Waals surface area contributed by atoms with Gasteiger partial charge in [-0.3, -0.25) is 0 Å². The van der Waals surface area contributed by atoms with Gasteiger partial charge in [0.2, 0.25) is 5.95 Å². The first kappa shape index (κ1) is 14.0. The predicted molar refractivity (Wildman–Crippen MR) is 60.0 cm³/mol. The van der Waals surface area contributed by atoms with E-state index >= 15 is 0 Å². The van der Waals surface area contributed by atoms with E-state index in [4.69, 9.17) is 11.6 Å². The van der Waals surface area contributed by atoms with Crippen molar-refractivity contribution in [2.75, 3.05) is 17.7 Å². The molecule has 0 aliphatic heterocycles. The molecule has 1 aromatic heterocycles. The van der Waals surface area contributed by atoms with Crippen molar-refractivity contribution in [3.63, 3.8) is 0 Å². The molecule has 0 fully saturated rings. The molecule has 0 aliphatic carbocycles. The number of aromatic nitrogens is 2. The van der Waals surface area contributed by atoms with Gasteiger partial charge in [0.15, 0.2) is 0 Å². The van der Waals surface area contributed by atoms with E-state index in [1.807, 2.05) is 6.92 Å². The number of rotatable bonds is 5. The van der Waals surface area contributed by atoms with Crippen molar-refractivity contribution in [2.45, 2.75) is 19.5 Å². The lowest BCUT2D eigenvalue weighted by Gasteiger charge is -2.12. The van der Waals surface area contributed by atoms with Gasteiger partial charge >= 0.3 is 6.18 Å². The third-order valence-electron chi connectivity index (χ3n) is 2.16. The van der Waals surface area contributed by atoms with Gasteiger partial charge in [-0.2, -0.15) is 13.2 Å². The van der Waals surface area contributed by atoms with Gasteiger partial charge in [0.1, 0.15) is 5.69 Å². The molecule has 96 valence electrons. The van der Waals surface area contributed by atoms with Crippen molar-refractivity contribution in [1.82, 2.24) is 9.97 Å². The monoisotopic (exact) mass is 267 g/mol. The molecular weight excluding hydrogens is 255 g/mol. The van der Waals surface area contributed by atoms with Crippen LogP contribution in [0.25, 0.3) is 0 Å². The van der Waals surface area contributed by atoms with Crippen LogP contribution in [-0.4, -0.2) is 22.4 Å². The second-order valence-corrected chi connectivity index (χ2v) is 4.10. The molecule has 0 saturated heterocycles. The molecule has 7 heteroatoms. The second kappa shape index (κ2) is 6.05. The topological polar surface area (TPSA) is 37.8 Å². The van der Waals surface area contributed by atoms with Gasteiger partial charge < -0.3 is 5.32 Å². The molecular formula is C10H13ClF3N3. The molecule has 0 saturated carbocycles. The summed E-state index contributed by atoms with van der Waals surface area (Å²) in [5, 5.41) is 2.76. The van der Waals surface area contributed by atoms with Crippen molar-refractivity contribution in [2.24, 2.45) is 5.92 Å². The number of alkyl halides is 4. The molecule has 17 heavy (non-hydrogen) atoms. The normalized spacial score (nSPS) is 13.5. The first-order valence-electron chi connectivity index (χ1n) is 5.13. The quantitative estimate of drug-likeness (QED) is 0.833. The Morgan fingerprint density at radius 3 is 2.76 bits per heavy atom. The Balaban J connectivity index is 2.60. The molecule has 1 heterocycles. The zero-order valence-electron chi connectivity index (χ0n) is 9.26. The van der Waals surface area contributed by atoms with E-state index in [0.717, 1.165) is 18.7 Å². The Morgan fingerprint density at radius 2 is 2.18 bits per heavy atom. The van der Waals surface area contributed by atoms with Gasteiger partial charge in [-0.1, -0.05) is 6.92 Å². The number of anilines is 1. The highest BCUT2D eigenvalue weighted by Gasteiger charge is 2.32. The van der Waals surface area contributed by atoms with Crippen LogP contribution in [0.4, 0.5) is 19.1 Å². The summed E-state index contributed by atoms with van der Waals surface area (Å²) in [6, 6.07) is 0.841. The number of halogens is 4. The van der Waals surface area contributed by atoms with Crippen LogP contribution >= 0.6 is 11.6 Å². The largest absolute Gasteiger partial charge is 0.433 e. The van der Waals surface area contributed by atoms with Gasteiger partial charge in [-0.25, -0.2) is 9.97 Å². The summed E-state index contributed by atoms with van der Waals surface area (Å²) >= 11 is 5.56. The van der Waals surface area contributed by atoms with Crippen LogP contribution in [0.3, 0.4) is 0 Å². The lowest BCUT2D eigenvalue weighted by Crippen LogP contribution is -2.16. The smallest absolute Gasteiger partial charge is 0.354 e. The van der Waals surface area contributed by atoms with Gasteiger partial charge in [0.05, 0.1) is 0 Å². The Kier molecular flexibility index (Phi) is 4.99. The van der Waals surface area contributed by atoms with E-state index in [9.17, 15) is 13.2 Å². The van der Waals surface area contributed by atoms with Crippen molar-refractivity contribution in [1.29, 1.82) is 0 Å². The number of hydrogen-bond donors (Lipinski definition) is 1. The summed E-state index contributed by atoms with van der Waals surface area (Å²) in [5.74, 6) is 0.763. The summed E-state index contributed by atoms with van der Waals surface area (Å²) in [7, 11) is 0. The highest BCUT2D eigenvalue weighted by atomic mass is 35.5. The van der Waals surface area contributed by atoms with Crippen molar-refractivity contribution >= 4 is 17.5 Å². The molecule has 1 atom stereocenters. The first-order valence-corrected chi connectivity index (χ1v) is 5.67. The third kappa shape index (κ3) is 4.77. The van der Waals surface area contributed by atoms with Crippen LogP contribution in [0.5, 0.6) is 0 Å². The summed E-state index contributed by atoms with van der Waals surface area (Å²) in [5.41, 5.74) is -0.944. The van der Waals surface area contributed by atoms with Crippen LogP contribution in [0, 0.1) is 5.92 Å². The Bertz CT molecular complexity index is 357. The lowest BCUT2D eigenvalue weighted by molar-refractivity contribution is -0.141. The molecule has 0 bridgehead atoms. The Morgan fingerprint density at radius 1 is 1.47 bits per heavy atom. The summed E-state index contributed by atoms with van der Waals surface area (Å²) < 4.78 is 37.1. The van der Waals surface area contributed by atoms with Crippen LogP contribution in [-0.2, 0) is 6.18 Å². The Hall–Kier alpha value is -1.04. The van der Waals surface area contributed by atoms with Crippen LogP contribution in [0.2, 0.25) is 0 Å². The molecule has 0 radical (unpaired) electrons. The second-order valence-electron chi connectivity index (χ2n) is 3.73. The average Bonchev–Trinajstić information content (AvgIpc) is 2.26. The van der Waals surface area contributed by atoms with Crippen LogP contribution in [0.15, 0.2) is 12.3 Å². The van der Waals surface area contributed by atoms with Gasteiger partial charge in [0.25, 0.3) is 0 Å². The maximum absolute atomic E-state index is 12.4. The number of nitrogens with zero attached hydrogens (tertiary/aromatic N) is 2. The summed E-state index contributed by atoms with van der Waals surface area (Å²) in [6.07, 6.45) is -2.57. The minimum absolute atomic E-state index is 0.0127. The Labute approximate surface area is 102 Å². The van der Waals surface area contributed by atoms with E-state index in [-0.39, 0.29) is 11.9 Å². The SMILES string of the molecule is CC(CCCl)CNc1nccc(C(F)(F)F)n1. The van der Waals surface area contributed by atoms with Gasteiger partial charge in [-0.15, -0.1) is 11.6 Å². The highest BCUT2D eigenvalue weighted by molar-refractivity contribution is 6.17. The maximum Gasteiger partial charge on any atom is 0.433 e. The summed E-state index contributed by atoms with van der Waals surface area (Å²) in [6.45, 7) is 2.44. The van der Waals surface area contributed by atoms with Crippen molar-refractivity contribution in [3.05, 3.63) is 18.0 Å². The molecule has 1 rings (SSSR count). The molecule has 1 unspecified atom stereocenters. The van der Waals surface area contributed by atoms with Gasteiger partial charge in [0, 0.05) is 18.6 Å². The van der Waals surface area contributed by atoms with E-state index in [0.29, 0.717) is 12.4 Å². The van der Waals surface area contributed by atoms with Crippen LogP contribution in [0.1, 0.15) is 19.0 Å². The molecule has 3 nitrogen and oxygen atoms in total. The van der Waals surface area contributed by atoms with Crippen molar-refractivity contribution < 1.29 is 13.2 Å². The average molecular weight is 268 g/mol. The fourth-order valence-electron chi connectivity index (χ4n) is 1.16. The van der Waals surface area contributed by atoms with E-state index < -0.39 is 11.9 Å². The third-order valence-corrected chi connectivity index (χ3v) is 2.37. The molecule has 0 amide bonds. The molecule has 1 N–H and O–H groups in total. The van der Waals surface area contributed by atoms with E-state index in [1.54, 1.807) is 0 Å². The predicted octanol–water partition coefficient (Wildman–Crippen LogP) is 3.17. The standard InChI is InChI=1S/C10H13ClF3N3/c1-7(2-4-11)6-16-9-15-5-3-8(17-9)10(12,13)14/h3,5,7H,2,4,6H2,1H3,(H,15,16,17). The van der Waals surface area contributed by atoms with E-state index in [1.165, 1.54) is 0 Å². The van der Waals surface area contributed by atoms with Crippen molar-refractivity contribution in [3.8, 4) is 0 Å². The zero-order valence-corrected chi connectivity index (χ0v) is 10.0. The van der Waals surface area contributed by atoms with Crippen LogP contribution < -0.4 is 5.32 Å². The first-order chi connectivity index (χ1) is 7.93. The lowest BCUT2D eigenvalue weighted by atomic mass is 10.1. The molecule has 0 spiro atoms. The highest BCUT2D eigenvalue weighted by Crippen LogP contribution is 2.27.